The molecule has 0 aliphatic carbocycles. The van der Waals surface area contributed by atoms with Crippen LogP contribution in [-0.2, 0) is 11.8 Å². The lowest BCUT2D eigenvalue weighted by molar-refractivity contribution is -0.130. The Bertz CT molecular complexity index is 834. The molecule has 0 radical (unpaired) electrons. The van der Waals surface area contributed by atoms with Crippen molar-refractivity contribution in [2.45, 2.75) is 38.3 Å². The van der Waals surface area contributed by atoms with Gasteiger partial charge in [-0.05, 0) is 38.8 Å². The van der Waals surface area contributed by atoms with Gasteiger partial charge in [-0.15, -0.1) is 0 Å². The summed E-state index contributed by atoms with van der Waals surface area (Å²) >= 11 is 0. The molecular weight excluding hydrogens is 328 g/mol. The highest BCUT2D eigenvalue weighted by Gasteiger charge is 2.29. The van der Waals surface area contributed by atoms with Gasteiger partial charge in [0, 0.05) is 25.7 Å². The van der Waals surface area contributed by atoms with Crippen molar-refractivity contribution in [2.75, 3.05) is 25.0 Å². The maximum absolute atomic E-state index is 12.4. The number of rotatable bonds is 6. The van der Waals surface area contributed by atoms with Crippen LogP contribution in [0.3, 0.4) is 0 Å². The Kier molecular flexibility index (Phi) is 5.14. The van der Waals surface area contributed by atoms with Crippen LogP contribution in [0.4, 0.5) is 5.95 Å². The van der Waals surface area contributed by atoms with E-state index in [1.54, 1.807) is 4.90 Å². The summed E-state index contributed by atoms with van der Waals surface area (Å²) < 4.78 is 2.03. The third-order valence-electron chi connectivity index (χ3n) is 4.92. The first-order valence-corrected chi connectivity index (χ1v) is 9.01. The van der Waals surface area contributed by atoms with E-state index in [2.05, 4.69) is 21.7 Å². The van der Waals surface area contributed by atoms with Gasteiger partial charge in [-0.3, -0.25) is 4.79 Å². The van der Waals surface area contributed by atoms with Gasteiger partial charge >= 0.3 is 0 Å². The number of hydrogen-bond acceptors (Lipinski definition) is 5. The number of aryl methyl sites for hydroxylation is 1. The minimum absolute atomic E-state index is 0.00939. The Morgan fingerprint density at radius 2 is 2.19 bits per heavy atom. The largest absolute Gasteiger partial charge is 0.354 e. The first kappa shape index (κ1) is 18.2. The number of nitriles is 1. The Labute approximate surface area is 154 Å². The van der Waals surface area contributed by atoms with Crippen molar-refractivity contribution in [3.63, 3.8) is 0 Å². The van der Waals surface area contributed by atoms with Crippen molar-refractivity contribution in [1.82, 2.24) is 19.8 Å². The molecule has 1 unspecified atom stereocenters. The molecule has 138 valence electrons. The summed E-state index contributed by atoms with van der Waals surface area (Å²) in [6.07, 6.45) is 1.68. The number of amides is 1. The maximum atomic E-state index is 12.4. The molecule has 1 aromatic carbocycles. The highest BCUT2D eigenvalue weighted by atomic mass is 16.2. The number of para-hydroxylation sites is 2. The molecule has 3 rings (SSSR count). The number of anilines is 1. The Morgan fingerprint density at radius 1 is 1.42 bits per heavy atom. The molecule has 0 spiro atoms. The normalized spacial score (nSPS) is 17.5. The van der Waals surface area contributed by atoms with Gasteiger partial charge in [0.1, 0.15) is 6.04 Å². The van der Waals surface area contributed by atoms with Crippen molar-refractivity contribution in [1.29, 1.82) is 5.26 Å². The molecule has 2 aromatic rings. The maximum Gasteiger partial charge on any atom is 0.237 e. The number of benzene rings is 1. The molecule has 2 N–H and O–H groups in total. The van der Waals surface area contributed by atoms with Crippen LogP contribution in [0.5, 0.6) is 0 Å². The lowest BCUT2D eigenvalue weighted by Gasteiger charge is -2.28. The molecular formula is C19H26N6O. The Morgan fingerprint density at radius 3 is 2.92 bits per heavy atom. The van der Waals surface area contributed by atoms with Crippen LogP contribution in [0.25, 0.3) is 11.0 Å². The van der Waals surface area contributed by atoms with Gasteiger partial charge < -0.3 is 20.1 Å². The van der Waals surface area contributed by atoms with Gasteiger partial charge in [-0.25, -0.2) is 4.98 Å². The summed E-state index contributed by atoms with van der Waals surface area (Å²) in [5.74, 6) is 0.793. The number of likely N-dealkylation sites (tertiary alicyclic amines) is 1. The summed E-state index contributed by atoms with van der Waals surface area (Å²) in [7, 11) is 1.98. The van der Waals surface area contributed by atoms with E-state index in [9.17, 15) is 4.79 Å². The van der Waals surface area contributed by atoms with Crippen molar-refractivity contribution in [2.24, 2.45) is 7.05 Å². The fraction of sp³-hybridized carbons (Fsp3) is 0.526. The second-order valence-corrected chi connectivity index (χ2v) is 7.45. The predicted octanol–water partition coefficient (Wildman–Crippen LogP) is 1.87. The van der Waals surface area contributed by atoms with E-state index in [0.717, 1.165) is 29.8 Å². The minimum Gasteiger partial charge on any atom is -0.354 e. The van der Waals surface area contributed by atoms with Crippen molar-refractivity contribution in [3.8, 4) is 6.07 Å². The monoisotopic (exact) mass is 354 g/mol. The molecule has 1 aliphatic heterocycles. The molecule has 26 heavy (non-hydrogen) atoms. The fourth-order valence-corrected chi connectivity index (χ4v) is 3.28. The van der Waals surface area contributed by atoms with Gasteiger partial charge in [0.15, 0.2) is 0 Å². The van der Waals surface area contributed by atoms with E-state index in [1.165, 1.54) is 0 Å². The summed E-state index contributed by atoms with van der Waals surface area (Å²) in [5.41, 5.74) is 1.73. The van der Waals surface area contributed by atoms with Crippen molar-refractivity contribution < 1.29 is 4.79 Å². The zero-order valence-electron chi connectivity index (χ0n) is 15.6. The number of carbonyl (C=O) groups is 1. The number of nitrogens with one attached hydrogen (secondary N) is 2. The summed E-state index contributed by atoms with van der Waals surface area (Å²) in [5, 5.41) is 15.8. The molecule has 0 saturated carbocycles. The zero-order valence-corrected chi connectivity index (χ0v) is 15.6. The predicted molar refractivity (Wildman–Crippen MR) is 102 cm³/mol. The molecule has 1 amide bonds. The third-order valence-corrected chi connectivity index (χ3v) is 4.92. The third kappa shape index (κ3) is 3.81. The number of imidazole rings is 1. The molecule has 1 saturated heterocycles. The average molecular weight is 354 g/mol. The lowest BCUT2D eigenvalue weighted by atomic mass is 10.1. The van der Waals surface area contributed by atoms with E-state index in [4.69, 9.17) is 5.26 Å². The van der Waals surface area contributed by atoms with E-state index in [-0.39, 0.29) is 24.0 Å². The van der Waals surface area contributed by atoms with E-state index >= 15 is 0 Å². The highest BCUT2D eigenvalue weighted by molar-refractivity contribution is 5.79. The topological polar surface area (TPSA) is 86.0 Å². The van der Waals surface area contributed by atoms with Gasteiger partial charge in [0.2, 0.25) is 11.9 Å². The molecule has 1 aliphatic rings. The fourth-order valence-electron chi connectivity index (χ4n) is 3.28. The lowest BCUT2D eigenvalue weighted by Crippen LogP contribution is -2.50. The van der Waals surface area contributed by atoms with Crippen LogP contribution in [0.15, 0.2) is 24.3 Å². The van der Waals surface area contributed by atoms with E-state index in [0.29, 0.717) is 13.1 Å². The molecule has 0 bridgehead atoms. The number of hydrogen-bond donors (Lipinski definition) is 2. The second kappa shape index (κ2) is 7.34. The van der Waals surface area contributed by atoms with Crippen LogP contribution >= 0.6 is 0 Å². The minimum atomic E-state index is -0.296. The summed E-state index contributed by atoms with van der Waals surface area (Å²) in [6.45, 7) is 5.62. The van der Waals surface area contributed by atoms with Crippen LogP contribution in [0.2, 0.25) is 0 Å². The molecule has 1 atom stereocenters. The first-order chi connectivity index (χ1) is 12.4. The van der Waals surface area contributed by atoms with E-state index < -0.39 is 0 Å². The SMILES string of the molecule is Cn1c(NCC(C)(C)NCC(=O)N2CCCC2C#N)nc2ccccc21. The second-order valence-electron chi connectivity index (χ2n) is 7.45. The van der Waals surface area contributed by atoms with Gasteiger partial charge in [-0.1, -0.05) is 12.1 Å². The zero-order chi connectivity index (χ0) is 18.7. The Balaban J connectivity index is 1.56. The van der Waals surface area contributed by atoms with Crippen LogP contribution < -0.4 is 10.6 Å². The molecule has 1 aromatic heterocycles. The molecule has 2 heterocycles. The summed E-state index contributed by atoms with van der Waals surface area (Å²) in [4.78, 5) is 18.7. The number of carbonyl (C=O) groups excluding carboxylic acids is 1. The van der Waals surface area contributed by atoms with Crippen molar-refractivity contribution in [3.05, 3.63) is 24.3 Å². The average Bonchev–Trinajstić information content (AvgIpc) is 3.23. The first-order valence-electron chi connectivity index (χ1n) is 9.01. The molecule has 7 heteroatoms. The van der Waals surface area contributed by atoms with Gasteiger partial charge in [0.05, 0.1) is 23.6 Å². The summed E-state index contributed by atoms with van der Waals surface area (Å²) in [6, 6.07) is 9.94. The molecule has 7 nitrogen and oxygen atoms in total. The Hall–Kier alpha value is -2.59. The number of nitrogens with zero attached hydrogens (tertiary/aromatic N) is 4. The molecule has 1 fully saturated rings. The number of aromatic nitrogens is 2. The highest BCUT2D eigenvalue weighted by Crippen LogP contribution is 2.19. The van der Waals surface area contributed by atoms with Gasteiger partial charge in [-0.2, -0.15) is 5.26 Å². The van der Waals surface area contributed by atoms with Crippen LogP contribution in [0.1, 0.15) is 26.7 Å². The van der Waals surface area contributed by atoms with Crippen LogP contribution in [0, 0.1) is 11.3 Å². The van der Waals surface area contributed by atoms with E-state index in [1.807, 2.05) is 49.7 Å². The van der Waals surface area contributed by atoms with Crippen molar-refractivity contribution >= 4 is 22.9 Å². The standard InChI is InChI=1S/C19H26N6O/c1-19(2,22-12-17(26)25-10-6-7-14(25)11-20)13-21-18-23-15-8-4-5-9-16(15)24(18)3/h4-5,8-9,14,22H,6-7,10,12-13H2,1-3H3,(H,21,23). The number of fused-ring (bicyclic) bond motifs is 1. The van der Waals surface area contributed by atoms with Crippen LogP contribution in [-0.4, -0.2) is 51.6 Å². The van der Waals surface area contributed by atoms with Gasteiger partial charge in [0.25, 0.3) is 0 Å². The quantitative estimate of drug-likeness (QED) is 0.827. The smallest absolute Gasteiger partial charge is 0.237 e.